The summed E-state index contributed by atoms with van der Waals surface area (Å²) in [6.07, 6.45) is 3.18. The molecule has 1 aromatic heterocycles. The molecular formula is C23H24N4O3. The molecule has 7 nitrogen and oxygen atoms in total. The average Bonchev–Trinajstić information content (AvgIpc) is 3.35. The van der Waals surface area contributed by atoms with Crippen LogP contribution < -0.4 is 14.8 Å². The highest BCUT2D eigenvalue weighted by molar-refractivity contribution is 5.92. The molecule has 1 fully saturated rings. The van der Waals surface area contributed by atoms with Gasteiger partial charge in [0.05, 0.1) is 0 Å². The molecule has 3 aromatic rings. The summed E-state index contributed by atoms with van der Waals surface area (Å²) in [6, 6.07) is 13.3. The first kappa shape index (κ1) is 18.7. The van der Waals surface area contributed by atoms with E-state index in [1.54, 1.807) is 0 Å². The molecule has 0 bridgehead atoms. The minimum absolute atomic E-state index is 0.0896. The maximum absolute atomic E-state index is 12.3. The van der Waals surface area contributed by atoms with Gasteiger partial charge in [-0.3, -0.25) is 9.89 Å². The number of hydrogen-bond acceptors (Lipinski definition) is 5. The zero-order valence-corrected chi connectivity index (χ0v) is 17.1. The second kappa shape index (κ2) is 7.16. The second-order valence-corrected chi connectivity index (χ2v) is 8.52. The molecule has 5 rings (SSSR count). The Morgan fingerprint density at radius 3 is 2.80 bits per heavy atom. The van der Waals surface area contributed by atoms with Crippen molar-refractivity contribution in [2.45, 2.75) is 44.6 Å². The van der Waals surface area contributed by atoms with Crippen LogP contribution in [-0.4, -0.2) is 33.3 Å². The number of para-hydroxylation sites is 1. The number of nitrogens with one attached hydrogen (secondary N) is 2. The summed E-state index contributed by atoms with van der Waals surface area (Å²) in [5.74, 6) is 3.27. The third-order valence-corrected chi connectivity index (χ3v) is 5.31. The van der Waals surface area contributed by atoms with Crippen molar-refractivity contribution >= 4 is 11.6 Å². The summed E-state index contributed by atoms with van der Waals surface area (Å²) >= 11 is 0. The van der Waals surface area contributed by atoms with Gasteiger partial charge in [0.1, 0.15) is 11.4 Å². The molecule has 7 heteroatoms. The van der Waals surface area contributed by atoms with Crippen molar-refractivity contribution in [3.8, 4) is 22.9 Å². The lowest BCUT2D eigenvalue weighted by Gasteiger charge is -2.18. The number of benzene rings is 2. The maximum Gasteiger partial charge on any atom is 0.262 e. The van der Waals surface area contributed by atoms with Crippen molar-refractivity contribution in [2.24, 2.45) is 0 Å². The first-order valence-corrected chi connectivity index (χ1v) is 10.2. The third-order valence-electron chi connectivity index (χ3n) is 5.31. The molecule has 0 atom stereocenters. The standard InChI is InChI=1S/C23H24N4O3/c1-23(2)12-16-4-3-5-18(20(16)30-23)29-13-19(28)24-17-10-8-15(9-11-17)22-25-21(26-27-22)14-6-7-14/h3-5,8-11,14H,6-7,12-13H2,1-2H3,(H,24,28)(H,25,26,27). The number of nitrogens with zero attached hydrogens (tertiary/aromatic N) is 2. The van der Waals surface area contributed by atoms with Gasteiger partial charge in [-0.15, -0.1) is 0 Å². The molecule has 0 spiro atoms. The van der Waals surface area contributed by atoms with Crippen LogP contribution in [0.4, 0.5) is 5.69 Å². The quantitative estimate of drug-likeness (QED) is 0.646. The molecule has 0 radical (unpaired) electrons. The Morgan fingerprint density at radius 2 is 2.03 bits per heavy atom. The van der Waals surface area contributed by atoms with Crippen LogP contribution in [-0.2, 0) is 11.2 Å². The van der Waals surface area contributed by atoms with E-state index in [1.165, 1.54) is 12.8 Å². The molecule has 2 N–H and O–H groups in total. The molecule has 2 aliphatic rings. The van der Waals surface area contributed by atoms with Gasteiger partial charge in [0.15, 0.2) is 23.9 Å². The van der Waals surface area contributed by atoms with Crippen molar-refractivity contribution < 1.29 is 14.3 Å². The molecule has 1 aliphatic carbocycles. The fraction of sp³-hybridized carbons (Fsp3) is 0.348. The molecule has 2 heterocycles. The van der Waals surface area contributed by atoms with Crippen molar-refractivity contribution in [1.82, 2.24) is 15.2 Å². The summed E-state index contributed by atoms with van der Waals surface area (Å²) in [5.41, 5.74) is 2.45. The fourth-order valence-electron chi connectivity index (χ4n) is 3.69. The molecular weight excluding hydrogens is 380 g/mol. The Labute approximate surface area is 174 Å². The van der Waals surface area contributed by atoms with Crippen molar-refractivity contribution in [1.29, 1.82) is 0 Å². The average molecular weight is 404 g/mol. The minimum Gasteiger partial charge on any atom is -0.483 e. The van der Waals surface area contributed by atoms with Gasteiger partial charge in [-0.1, -0.05) is 12.1 Å². The number of hydrogen-bond donors (Lipinski definition) is 2. The summed E-state index contributed by atoms with van der Waals surface area (Å²) < 4.78 is 11.7. The predicted octanol–water partition coefficient (Wildman–Crippen LogP) is 4.08. The highest BCUT2D eigenvalue weighted by atomic mass is 16.5. The normalized spacial score (nSPS) is 16.6. The van der Waals surface area contributed by atoms with Gasteiger partial charge in [-0.2, -0.15) is 5.10 Å². The fourth-order valence-corrected chi connectivity index (χ4v) is 3.69. The van der Waals surface area contributed by atoms with Crippen LogP contribution in [0.15, 0.2) is 42.5 Å². The van der Waals surface area contributed by atoms with E-state index in [-0.39, 0.29) is 18.1 Å². The van der Waals surface area contributed by atoms with Crippen LogP contribution in [0.25, 0.3) is 11.4 Å². The molecule has 0 unspecified atom stereocenters. The zero-order valence-electron chi connectivity index (χ0n) is 17.1. The molecule has 1 saturated carbocycles. The Morgan fingerprint density at radius 1 is 1.23 bits per heavy atom. The monoisotopic (exact) mass is 404 g/mol. The second-order valence-electron chi connectivity index (χ2n) is 8.52. The van der Waals surface area contributed by atoms with Gasteiger partial charge < -0.3 is 14.8 Å². The predicted molar refractivity (Wildman–Crippen MR) is 113 cm³/mol. The lowest BCUT2D eigenvalue weighted by Crippen LogP contribution is -2.25. The van der Waals surface area contributed by atoms with Crippen LogP contribution in [0.2, 0.25) is 0 Å². The maximum atomic E-state index is 12.3. The van der Waals surface area contributed by atoms with Crippen molar-refractivity contribution in [2.75, 3.05) is 11.9 Å². The lowest BCUT2D eigenvalue weighted by atomic mass is 10.0. The van der Waals surface area contributed by atoms with Crippen molar-refractivity contribution in [3.63, 3.8) is 0 Å². The van der Waals surface area contributed by atoms with E-state index in [1.807, 2.05) is 56.3 Å². The van der Waals surface area contributed by atoms with E-state index in [4.69, 9.17) is 9.47 Å². The number of anilines is 1. The van der Waals surface area contributed by atoms with Gasteiger partial charge >= 0.3 is 0 Å². The number of H-pyrrole nitrogens is 1. The van der Waals surface area contributed by atoms with E-state index in [9.17, 15) is 4.79 Å². The summed E-state index contributed by atoms with van der Waals surface area (Å²) in [6.45, 7) is 3.99. The van der Waals surface area contributed by atoms with Crippen LogP contribution in [0.3, 0.4) is 0 Å². The van der Waals surface area contributed by atoms with E-state index in [2.05, 4.69) is 20.5 Å². The van der Waals surface area contributed by atoms with Crippen molar-refractivity contribution in [3.05, 3.63) is 53.9 Å². The van der Waals surface area contributed by atoms with Gasteiger partial charge in [0, 0.05) is 29.2 Å². The number of fused-ring (bicyclic) bond motifs is 1. The van der Waals surface area contributed by atoms with Gasteiger partial charge in [-0.25, -0.2) is 4.98 Å². The van der Waals surface area contributed by atoms with Crippen LogP contribution in [0.1, 0.15) is 44.0 Å². The van der Waals surface area contributed by atoms with Gasteiger partial charge in [-0.05, 0) is 57.0 Å². The molecule has 30 heavy (non-hydrogen) atoms. The smallest absolute Gasteiger partial charge is 0.262 e. The van der Waals surface area contributed by atoms with E-state index in [0.29, 0.717) is 23.2 Å². The van der Waals surface area contributed by atoms with E-state index < -0.39 is 0 Å². The third kappa shape index (κ3) is 3.87. The first-order chi connectivity index (χ1) is 14.5. The topological polar surface area (TPSA) is 89.1 Å². The van der Waals surface area contributed by atoms with Crippen LogP contribution in [0, 0.1) is 0 Å². The highest BCUT2D eigenvalue weighted by Crippen LogP contribution is 2.41. The Balaban J connectivity index is 1.19. The molecule has 1 amide bonds. The number of carbonyl (C=O) groups excluding carboxylic acids is 1. The highest BCUT2D eigenvalue weighted by Gasteiger charge is 2.32. The minimum atomic E-state index is -0.256. The molecule has 154 valence electrons. The number of carbonyl (C=O) groups is 1. The summed E-state index contributed by atoms with van der Waals surface area (Å²) in [4.78, 5) is 16.9. The number of aromatic amines is 1. The van der Waals surface area contributed by atoms with Gasteiger partial charge in [0.2, 0.25) is 0 Å². The Bertz CT molecular complexity index is 1080. The van der Waals surface area contributed by atoms with Crippen LogP contribution >= 0.6 is 0 Å². The number of amides is 1. The van der Waals surface area contributed by atoms with E-state index in [0.717, 1.165) is 29.1 Å². The lowest BCUT2D eigenvalue weighted by molar-refractivity contribution is -0.118. The Hall–Kier alpha value is -3.35. The largest absolute Gasteiger partial charge is 0.483 e. The number of ether oxygens (including phenoxy) is 2. The molecule has 1 aliphatic heterocycles. The molecule has 2 aromatic carbocycles. The molecule has 0 saturated heterocycles. The van der Waals surface area contributed by atoms with E-state index >= 15 is 0 Å². The zero-order chi connectivity index (χ0) is 20.7. The van der Waals surface area contributed by atoms with Gasteiger partial charge in [0.25, 0.3) is 5.91 Å². The van der Waals surface area contributed by atoms with Crippen LogP contribution in [0.5, 0.6) is 11.5 Å². The number of rotatable bonds is 6. The first-order valence-electron chi connectivity index (χ1n) is 10.2. The summed E-state index contributed by atoms with van der Waals surface area (Å²) in [5, 5.41) is 10.1. The SMILES string of the molecule is CC1(C)Cc2cccc(OCC(=O)Nc3ccc(-c4n[nH]c(C5CC5)n4)cc3)c2O1. The Kier molecular flexibility index (Phi) is 4.46. The number of aromatic nitrogens is 3. The summed E-state index contributed by atoms with van der Waals surface area (Å²) in [7, 11) is 0.